The molecule has 0 bridgehead atoms. The van der Waals surface area contributed by atoms with Crippen LogP contribution >= 0.6 is 0 Å². The van der Waals surface area contributed by atoms with E-state index in [1.54, 1.807) is 24.7 Å². The predicted octanol–water partition coefficient (Wildman–Crippen LogP) is 3.35. The second-order valence-corrected chi connectivity index (χ2v) is 6.83. The molecule has 4 aromatic rings. The summed E-state index contributed by atoms with van der Waals surface area (Å²) in [5, 5.41) is 10.8. The lowest BCUT2D eigenvalue weighted by Crippen LogP contribution is -2.10. The van der Waals surface area contributed by atoms with E-state index < -0.39 is 0 Å². The molecule has 1 N–H and O–H groups in total. The van der Waals surface area contributed by atoms with Gasteiger partial charge >= 0.3 is 0 Å². The number of ether oxygens (including phenoxy) is 1. The van der Waals surface area contributed by atoms with Gasteiger partial charge in [-0.2, -0.15) is 0 Å². The zero-order chi connectivity index (χ0) is 19.1. The number of pyridine rings is 1. The molecule has 28 heavy (non-hydrogen) atoms. The number of imidazole rings is 1. The fourth-order valence-electron chi connectivity index (χ4n) is 3.57. The molecule has 0 amide bonds. The highest BCUT2D eigenvalue weighted by atomic mass is 19.1. The number of benzene rings is 1. The summed E-state index contributed by atoms with van der Waals surface area (Å²) in [6.07, 6.45) is 5.39. The minimum atomic E-state index is -0.224. The average Bonchev–Trinajstić information content (AvgIpc) is 3.43. The van der Waals surface area contributed by atoms with Crippen LogP contribution in [0.4, 0.5) is 4.39 Å². The van der Waals surface area contributed by atoms with Crippen molar-refractivity contribution in [1.82, 2.24) is 29.9 Å². The maximum atomic E-state index is 14.2. The van der Waals surface area contributed by atoms with Crippen LogP contribution in [0.1, 0.15) is 17.2 Å². The van der Waals surface area contributed by atoms with Crippen LogP contribution in [0.2, 0.25) is 0 Å². The van der Waals surface area contributed by atoms with Gasteiger partial charge in [-0.3, -0.25) is 10.1 Å². The number of fused-ring (bicyclic) bond motifs is 1. The van der Waals surface area contributed by atoms with Crippen molar-refractivity contribution in [3.05, 3.63) is 66.1 Å². The number of hydrogen-bond donors (Lipinski definition) is 1. The van der Waals surface area contributed by atoms with Crippen LogP contribution in [0.3, 0.4) is 0 Å². The van der Waals surface area contributed by atoms with E-state index in [4.69, 9.17) is 4.74 Å². The van der Waals surface area contributed by atoms with Crippen molar-refractivity contribution >= 4 is 0 Å². The van der Waals surface area contributed by atoms with E-state index in [0.717, 1.165) is 28.3 Å². The largest absolute Gasteiger partial charge is 0.492 e. The maximum Gasteiger partial charge on any atom is 0.130 e. The topological polar surface area (TPSA) is 81.5 Å². The van der Waals surface area contributed by atoms with Gasteiger partial charge in [0, 0.05) is 36.0 Å². The molecular weight excluding hydrogens is 359 g/mol. The molecule has 0 unspecified atom stereocenters. The molecule has 140 valence electrons. The fraction of sp³-hybridized carbons (Fsp3) is 0.200. The Labute approximate surface area is 160 Å². The molecule has 1 aliphatic heterocycles. The number of hydrogen-bond acceptors (Lipinski definition) is 5. The Bertz CT molecular complexity index is 1150. The van der Waals surface area contributed by atoms with Crippen LogP contribution in [0.25, 0.3) is 22.6 Å². The number of nitrogens with one attached hydrogen (secondary N) is 1. The molecule has 3 aromatic heterocycles. The number of aromatic amines is 1. The zero-order valence-corrected chi connectivity index (χ0v) is 15.1. The average molecular weight is 376 g/mol. The van der Waals surface area contributed by atoms with E-state index in [-0.39, 0.29) is 11.7 Å². The first-order valence-electron chi connectivity index (χ1n) is 8.96. The van der Waals surface area contributed by atoms with Gasteiger partial charge in [0.2, 0.25) is 0 Å². The lowest BCUT2D eigenvalue weighted by molar-refractivity contribution is 0.318. The summed E-state index contributed by atoms with van der Waals surface area (Å²) in [6.45, 7) is 2.97. The quantitative estimate of drug-likeness (QED) is 0.591. The first-order chi connectivity index (χ1) is 13.7. The minimum absolute atomic E-state index is 0.0460. The van der Waals surface area contributed by atoms with E-state index in [1.165, 1.54) is 6.07 Å². The van der Waals surface area contributed by atoms with Crippen molar-refractivity contribution in [2.75, 3.05) is 6.61 Å². The molecule has 5 rings (SSSR count). The third-order valence-electron chi connectivity index (χ3n) is 4.94. The first kappa shape index (κ1) is 16.6. The summed E-state index contributed by atoms with van der Waals surface area (Å²) in [6, 6.07) is 8.77. The second kappa shape index (κ2) is 6.56. The Morgan fingerprint density at radius 3 is 3.04 bits per heavy atom. The van der Waals surface area contributed by atoms with Gasteiger partial charge in [0.1, 0.15) is 23.0 Å². The summed E-state index contributed by atoms with van der Waals surface area (Å²) in [4.78, 5) is 8.90. The lowest BCUT2D eigenvalue weighted by atomic mass is 10.0. The van der Waals surface area contributed by atoms with Crippen molar-refractivity contribution in [3.63, 3.8) is 0 Å². The van der Waals surface area contributed by atoms with Crippen molar-refractivity contribution in [1.29, 1.82) is 0 Å². The van der Waals surface area contributed by atoms with Crippen LogP contribution in [0, 0.1) is 12.7 Å². The highest BCUT2D eigenvalue weighted by molar-refractivity contribution is 5.67. The Balaban J connectivity index is 1.40. The van der Waals surface area contributed by atoms with Gasteiger partial charge in [0.25, 0.3) is 0 Å². The molecule has 1 aliphatic rings. The summed E-state index contributed by atoms with van der Waals surface area (Å²) in [7, 11) is 0. The molecular formula is C20H17FN6O. The highest BCUT2D eigenvalue weighted by Crippen LogP contribution is 2.36. The zero-order valence-electron chi connectivity index (χ0n) is 15.1. The number of rotatable bonds is 4. The Kier molecular flexibility index (Phi) is 3.89. The molecule has 0 fully saturated rings. The summed E-state index contributed by atoms with van der Waals surface area (Å²) < 4.78 is 21.8. The SMILES string of the molecule is Cc1[nH]nnc1-c1ccnc(-c2cn(C[C@H]3COc4cccc(F)c43)cn2)c1. The van der Waals surface area contributed by atoms with Gasteiger partial charge in [0.15, 0.2) is 0 Å². The molecule has 0 saturated carbocycles. The summed E-state index contributed by atoms with van der Waals surface area (Å²) in [5.74, 6) is 0.357. The van der Waals surface area contributed by atoms with Crippen LogP contribution in [-0.4, -0.2) is 36.6 Å². The number of H-pyrrole nitrogens is 1. The van der Waals surface area contributed by atoms with Gasteiger partial charge < -0.3 is 9.30 Å². The van der Waals surface area contributed by atoms with Gasteiger partial charge in [0.05, 0.1) is 24.3 Å². The maximum absolute atomic E-state index is 14.2. The second-order valence-electron chi connectivity index (χ2n) is 6.83. The Morgan fingerprint density at radius 2 is 2.18 bits per heavy atom. The van der Waals surface area contributed by atoms with Crippen LogP contribution in [0.15, 0.2) is 49.1 Å². The van der Waals surface area contributed by atoms with Gasteiger partial charge in [-0.05, 0) is 31.2 Å². The summed E-state index contributed by atoms with van der Waals surface area (Å²) in [5.41, 5.74) is 4.73. The third-order valence-corrected chi connectivity index (χ3v) is 4.94. The molecule has 7 nitrogen and oxygen atoms in total. The number of nitrogens with zero attached hydrogens (tertiary/aromatic N) is 5. The Hall–Kier alpha value is -3.55. The molecule has 1 aromatic carbocycles. The van der Waals surface area contributed by atoms with E-state index in [0.29, 0.717) is 24.5 Å². The molecule has 8 heteroatoms. The van der Waals surface area contributed by atoms with Crippen molar-refractivity contribution in [2.24, 2.45) is 0 Å². The lowest BCUT2D eigenvalue weighted by Gasteiger charge is -2.10. The molecule has 0 radical (unpaired) electrons. The van der Waals surface area contributed by atoms with Crippen molar-refractivity contribution in [2.45, 2.75) is 19.4 Å². The van der Waals surface area contributed by atoms with E-state index in [2.05, 4.69) is 25.4 Å². The Morgan fingerprint density at radius 1 is 1.25 bits per heavy atom. The molecule has 0 saturated heterocycles. The molecule has 0 spiro atoms. The van der Waals surface area contributed by atoms with Crippen LogP contribution in [-0.2, 0) is 6.54 Å². The standard InChI is InChI=1S/C20H17FN6O/c1-12-20(25-26-24-12)13-5-6-22-16(7-13)17-9-27(11-23-17)8-14-10-28-18-4-2-3-15(21)19(14)18/h2-7,9,11,14H,8,10H2,1H3,(H,24,25,26)/t14-/m0/s1. The van der Waals surface area contributed by atoms with E-state index >= 15 is 0 Å². The third kappa shape index (κ3) is 2.83. The van der Waals surface area contributed by atoms with Gasteiger partial charge in [-0.1, -0.05) is 11.3 Å². The number of aromatic nitrogens is 6. The number of aryl methyl sites for hydroxylation is 1. The van der Waals surface area contributed by atoms with Crippen molar-refractivity contribution in [3.8, 4) is 28.4 Å². The smallest absolute Gasteiger partial charge is 0.130 e. The van der Waals surface area contributed by atoms with Gasteiger partial charge in [-0.15, -0.1) is 5.10 Å². The minimum Gasteiger partial charge on any atom is -0.492 e. The molecule has 0 aliphatic carbocycles. The van der Waals surface area contributed by atoms with Crippen LogP contribution < -0.4 is 4.74 Å². The normalized spacial score (nSPS) is 15.4. The monoisotopic (exact) mass is 376 g/mol. The van der Waals surface area contributed by atoms with Gasteiger partial charge in [-0.25, -0.2) is 9.37 Å². The van der Waals surface area contributed by atoms with E-state index in [1.807, 2.05) is 29.8 Å². The molecule has 4 heterocycles. The van der Waals surface area contributed by atoms with Crippen molar-refractivity contribution < 1.29 is 9.13 Å². The predicted molar refractivity (Wildman–Crippen MR) is 100 cm³/mol. The summed E-state index contributed by atoms with van der Waals surface area (Å²) >= 11 is 0. The fourth-order valence-corrected chi connectivity index (χ4v) is 3.57. The van der Waals surface area contributed by atoms with Crippen LogP contribution in [0.5, 0.6) is 5.75 Å². The first-order valence-corrected chi connectivity index (χ1v) is 8.96. The molecule has 1 atom stereocenters. The van der Waals surface area contributed by atoms with E-state index in [9.17, 15) is 4.39 Å². The highest BCUT2D eigenvalue weighted by Gasteiger charge is 2.27. The number of halogens is 1.